The Morgan fingerprint density at radius 3 is 2.61 bits per heavy atom. The summed E-state index contributed by atoms with van der Waals surface area (Å²) in [5.74, 6) is 0. The van der Waals surface area contributed by atoms with Crippen molar-refractivity contribution in [3.8, 4) is 6.07 Å². The van der Waals surface area contributed by atoms with Crippen LogP contribution in [0.15, 0.2) is 65.1 Å². The monoisotopic (exact) mass is 513 g/mol. The van der Waals surface area contributed by atoms with Crippen LogP contribution in [-0.4, -0.2) is 17.5 Å². The van der Waals surface area contributed by atoms with Crippen molar-refractivity contribution in [2.45, 2.75) is 19.5 Å². The highest BCUT2D eigenvalue weighted by molar-refractivity contribution is 9.10. The van der Waals surface area contributed by atoms with Crippen LogP contribution in [0.25, 0.3) is 0 Å². The molecule has 0 saturated heterocycles. The van der Waals surface area contributed by atoms with Crippen molar-refractivity contribution < 1.29 is 4.79 Å². The second kappa shape index (κ2) is 9.32. The number of carbonyl (C=O) groups is 1. The molecule has 31 heavy (non-hydrogen) atoms. The van der Waals surface area contributed by atoms with E-state index in [2.05, 4.69) is 22.0 Å². The minimum Gasteiger partial charge on any atom is -0.320 e. The first-order valence-corrected chi connectivity index (χ1v) is 11.3. The molecule has 0 atom stereocenters. The summed E-state index contributed by atoms with van der Waals surface area (Å²) in [7, 11) is 0. The second-order valence-electron chi connectivity index (χ2n) is 7.32. The van der Waals surface area contributed by atoms with Crippen LogP contribution in [0.5, 0.6) is 0 Å². The molecule has 0 N–H and O–H groups in total. The van der Waals surface area contributed by atoms with Gasteiger partial charge in [0.15, 0.2) is 0 Å². The van der Waals surface area contributed by atoms with E-state index >= 15 is 0 Å². The number of rotatable bonds is 3. The van der Waals surface area contributed by atoms with E-state index in [1.54, 1.807) is 40.1 Å². The van der Waals surface area contributed by atoms with Crippen LogP contribution in [0, 0.1) is 11.3 Å². The summed E-state index contributed by atoms with van der Waals surface area (Å²) < 4.78 is 1.01. The fraction of sp³-hybridized carbons (Fsp3) is 0.167. The molecule has 0 radical (unpaired) electrons. The first kappa shape index (κ1) is 21.7. The Balaban J connectivity index is 1.67. The molecule has 7 heteroatoms. The zero-order valence-corrected chi connectivity index (χ0v) is 19.6. The molecule has 1 aliphatic rings. The van der Waals surface area contributed by atoms with Gasteiger partial charge in [0, 0.05) is 33.3 Å². The fourth-order valence-corrected chi connectivity index (χ4v) is 4.65. The zero-order valence-electron chi connectivity index (χ0n) is 16.5. The van der Waals surface area contributed by atoms with Gasteiger partial charge < -0.3 is 4.90 Å². The van der Waals surface area contributed by atoms with Gasteiger partial charge in [-0.1, -0.05) is 57.3 Å². The molecular weight excluding hydrogens is 497 g/mol. The molecule has 0 bridgehead atoms. The number of hydrogen-bond donors (Lipinski definition) is 0. The van der Waals surface area contributed by atoms with E-state index in [4.69, 9.17) is 23.2 Å². The third-order valence-corrected chi connectivity index (χ3v) is 6.69. The molecule has 1 aliphatic heterocycles. The summed E-state index contributed by atoms with van der Waals surface area (Å²) in [4.78, 5) is 17.2. The van der Waals surface area contributed by atoms with Crippen molar-refractivity contribution in [2.75, 3.05) is 11.4 Å². The number of amides is 2. The standard InChI is InChI=1S/C24H18BrCl2N3O/c25-22-8-9-23(27)21-15-29(11-10-20(21)22)24(31)30(14-16-4-6-18(26)7-5-16)19-3-1-2-17(12-19)13-28/h1-9,12H,10-11,14-15H2. The van der Waals surface area contributed by atoms with Crippen LogP contribution in [0.3, 0.4) is 0 Å². The molecule has 3 aromatic rings. The van der Waals surface area contributed by atoms with E-state index in [-0.39, 0.29) is 6.03 Å². The highest BCUT2D eigenvalue weighted by Crippen LogP contribution is 2.33. The lowest BCUT2D eigenvalue weighted by Crippen LogP contribution is -2.45. The predicted molar refractivity (Wildman–Crippen MR) is 127 cm³/mol. The molecule has 156 valence electrons. The lowest BCUT2D eigenvalue weighted by Gasteiger charge is -2.35. The van der Waals surface area contributed by atoms with Crippen LogP contribution in [0.2, 0.25) is 10.0 Å². The molecule has 2 amide bonds. The third kappa shape index (κ3) is 4.72. The number of hydrogen-bond acceptors (Lipinski definition) is 2. The quantitative estimate of drug-likeness (QED) is 0.385. The molecule has 0 fully saturated rings. The van der Waals surface area contributed by atoms with Crippen LogP contribution in [-0.2, 0) is 19.5 Å². The Bertz CT molecular complexity index is 1170. The number of nitrogens with zero attached hydrogens (tertiary/aromatic N) is 3. The van der Waals surface area contributed by atoms with Crippen molar-refractivity contribution in [3.05, 3.63) is 97.4 Å². The molecule has 0 aliphatic carbocycles. The van der Waals surface area contributed by atoms with Gasteiger partial charge in [-0.05, 0) is 65.6 Å². The number of anilines is 1. The number of carbonyl (C=O) groups excluding carboxylic acids is 1. The van der Waals surface area contributed by atoms with Crippen molar-refractivity contribution in [1.82, 2.24) is 4.90 Å². The maximum absolute atomic E-state index is 13.7. The molecule has 0 aromatic heterocycles. The Hall–Kier alpha value is -2.52. The van der Waals surface area contributed by atoms with Gasteiger partial charge in [-0.25, -0.2) is 4.79 Å². The number of fused-ring (bicyclic) bond motifs is 1. The molecule has 0 saturated carbocycles. The van der Waals surface area contributed by atoms with Crippen LogP contribution in [0.4, 0.5) is 10.5 Å². The van der Waals surface area contributed by atoms with Crippen LogP contribution >= 0.6 is 39.1 Å². The molecular formula is C24H18BrCl2N3O. The Labute approximate surface area is 199 Å². The minimum atomic E-state index is -0.133. The maximum atomic E-state index is 13.7. The van der Waals surface area contributed by atoms with E-state index in [0.29, 0.717) is 40.9 Å². The minimum absolute atomic E-state index is 0.133. The zero-order chi connectivity index (χ0) is 22.0. The topological polar surface area (TPSA) is 47.3 Å². The van der Waals surface area contributed by atoms with Crippen LogP contribution in [0.1, 0.15) is 22.3 Å². The molecule has 3 aromatic carbocycles. The summed E-state index contributed by atoms with van der Waals surface area (Å²) in [5.41, 5.74) is 4.23. The highest BCUT2D eigenvalue weighted by Gasteiger charge is 2.28. The van der Waals surface area contributed by atoms with Crippen molar-refractivity contribution in [1.29, 1.82) is 5.26 Å². The number of urea groups is 1. The lowest BCUT2D eigenvalue weighted by molar-refractivity contribution is 0.198. The second-order valence-corrected chi connectivity index (χ2v) is 9.01. The molecule has 1 heterocycles. The summed E-state index contributed by atoms with van der Waals surface area (Å²) in [6, 6.07) is 20.3. The first-order valence-electron chi connectivity index (χ1n) is 9.73. The summed E-state index contributed by atoms with van der Waals surface area (Å²) in [5, 5.41) is 10.6. The molecule has 0 spiro atoms. The van der Waals surface area contributed by atoms with Gasteiger partial charge in [0.05, 0.1) is 18.2 Å². The lowest BCUT2D eigenvalue weighted by atomic mass is 10.00. The average molecular weight is 515 g/mol. The number of halogens is 3. The van der Waals surface area contributed by atoms with Crippen molar-refractivity contribution >= 4 is 50.9 Å². The maximum Gasteiger partial charge on any atom is 0.325 e. The summed E-state index contributed by atoms with van der Waals surface area (Å²) in [6.07, 6.45) is 0.717. The van der Waals surface area contributed by atoms with Crippen molar-refractivity contribution in [3.63, 3.8) is 0 Å². The van der Waals surface area contributed by atoms with E-state index in [0.717, 1.165) is 27.6 Å². The SMILES string of the molecule is N#Cc1cccc(N(Cc2ccc(Cl)cc2)C(=O)N2CCc3c(Br)ccc(Cl)c3C2)c1. The number of benzene rings is 3. The Morgan fingerprint density at radius 2 is 1.87 bits per heavy atom. The summed E-state index contributed by atoms with van der Waals surface area (Å²) >= 11 is 16.1. The Kier molecular flexibility index (Phi) is 6.52. The van der Waals surface area contributed by atoms with Gasteiger partial charge in [-0.15, -0.1) is 0 Å². The van der Waals surface area contributed by atoms with Crippen LogP contribution < -0.4 is 4.90 Å². The number of nitriles is 1. The summed E-state index contributed by atoms with van der Waals surface area (Å²) in [6.45, 7) is 1.38. The van der Waals surface area contributed by atoms with Gasteiger partial charge in [0.1, 0.15) is 0 Å². The Morgan fingerprint density at radius 1 is 1.10 bits per heavy atom. The van der Waals surface area contributed by atoms with Gasteiger partial charge in [0.25, 0.3) is 0 Å². The van der Waals surface area contributed by atoms with Gasteiger partial charge in [0.2, 0.25) is 0 Å². The molecule has 0 unspecified atom stereocenters. The van der Waals surface area contributed by atoms with E-state index in [9.17, 15) is 10.1 Å². The normalized spacial score (nSPS) is 12.8. The van der Waals surface area contributed by atoms with E-state index in [1.165, 1.54) is 0 Å². The average Bonchev–Trinajstić information content (AvgIpc) is 2.80. The largest absolute Gasteiger partial charge is 0.325 e. The molecule has 4 rings (SSSR count). The smallest absolute Gasteiger partial charge is 0.320 e. The van der Waals surface area contributed by atoms with Crippen molar-refractivity contribution in [2.24, 2.45) is 0 Å². The highest BCUT2D eigenvalue weighted by atomic mass is 79.9. The van der Waals surface area contributed by atoms with Gasteiger partial charge in [-0.2, -0.15) is 5.26 Å². The molecule has 4 nitrogen and oxygen atoms in total. The van der Waals surface area contributed by atoms with E-state index < -0.39 is 0 Å². The predicted octanol–water partition coefficient (Wildman–Crippen LogP) is 6.81. The third-order valence-electron chi connectivity index (χ3n) is 5.34. The van der Waals surface area contributed by atoms with Gasteiger partial charge in [-0.3, -0.25) is 4.90 Å². The fourth-order valence-electron chi connectivity index (χ4n) is 3.71. The first-order chi connectivity index (χ1) is 15.0. The van der Waals surface area contributed by atoms with Gasteiger partial charge >= 0.3 is 6.03 Å². The van der Waals surface area contributed by atoms with E-state index in [1.807, 2.05) is 30.3 Å².